The van der Waals surface area contributed by atoms with Crippen molar-refractivity contribution in [3.8, 4) is 40.7 Å². The summed E-state index contributed by atoms with van der Waals surface area (Å²) in [5.41, 5.74) is 8.39. The van der Waals surface area contributed by atoms with Crippen LogP contribution in [0.4, 0.5) is 0 Å². The molecule has 0 amide bonds. The van der Waals surface area contributed by atoms with E-state index >= 15 is 0 Å². The number of rotatable bonds is 0. The maximum atomic E-state index is 9.63. The number of hydrogen-bond acceptors (Lipinski definition) is 7. The van der Waals surface area contributed by atoms with Gasteiger partial charge >= 0.3 is 0 Å². The number of nitrogens with zero attached hydrogens (tertiary/aromatic N) is 8. The molecule has 5 aromatic rings. The molecule has 0 unspecified atom stereocenters. The van der Waals surface area contributed by atoms with Crippen molar-refractivity contribution in [2.45, 2.75) is 0 Å². The zero-order chi connectivity index (χ0) is 26.0. The fourth-order valence-electron chi connectivity index (χ4n) is 5.17. The number of hydrogen-bond donors (Lipinski definition) is 0. The second-order valence-corrected chi connectivity index (χ2v) is 8.68. The largest absolute Gasteiger partial charge is 0.271 e. The summed E-state index contributed by atoms with van der Waals surface area (Å²) in [6.45, 7) is 7.52. The summed E-state index contributed by atoms with van der Waals surface area (Å²) in [4.78, 5) is 22.9. The molecule has 0 radical (unpaired) electrons. The van der Waals surface area contributed by atoms with Crippen LogP contribution in [0.5, 0.6) is 0 Å². The third-order valence-corrected chi connectivity index (χ3v) is 6.75. The van der Waals surface area contributed by atoms with Gasteiger partial charge in [0.05, 0.1) is 57.5 Å². The van der Waals surface area contributed by atoms with Crippen LogP contribution >= 0.6 is 0 Å². The monoisotopic (exact) mass is 482 g/mol. The van der Waals surface area contributed by atoms with Crippen molar-refractivity contribution >= 4 is 33.2 Å². The van der Waals surface area contributed by atoms with Crippen molar-refractivity contribution in [1.82, 2.24) is 19.9 Å². The van der Waals surface area contributed by atoms with E-state index in [0.29, 0.717) is 56.0 Å². The molecule has 0 saturated heterocycles. The summed E-state index contributed by atoms with van der Waals surface area (Å²) >= 11 is 0. The normalized spacial score (nSPS) is 13.4. The zero-order valence-electron chi connectivity index (χ0n) is 19.4. The lowest BCUT2D eigenvalue weighted by Crippen LogP contribution is -1.97. The molecule has 2 aliphatic carbocycles. The molecule has 0 N–H and O–H groups in total. The first-order chi connectivity index (χ1) is 18.7. The molecule has 7 rings (SSSR count). The smallest absolute Gasteiger partial charge is 0.245 e. The van der Waals surface area contributed by atoms with E-state index < -0.39 is 0 Å². The van der Waals surface area contributed by atoms with Gasteiger partial charge in [-0.1, -0.05) is 48.5 Å². The molecule has 8 nitrogen and oxygen atoms in total. The summed E-state index contributed by atoms with van der Waals surface area (Å²) in [5, 5.41) is 28.9. The fourth-order valence-corrected chi connectivity index (χ4v) is 5.17. The van der Waals surface area contributed by atoms with Crippen molar-refractivity contribution in [2.24, 2.45) is 0 Å². The molecule has 38 heavy (non-hydrogen) atoms. The Labute approximate surface area is 215 Å². The van der Waals surface area contributed by atoms with Crippen LogP contribution in [0.2, 0.25) is 0 Å². The van der Waals surface area contributed by atoms with Gasteiger partial charge in [0.25, 0.3) is 5.70 Å². The Kier molecular flexibility index (Phi) is 4.24. The fraction of sp³-hybridized carbons (Fsp3) is 0. The summed E-state index contributed by atoms with van der Waals surface area (Å²) in [6, 6.07) is 24.5. The molecule has 2 aliphatic rings. The molecule has 0 fully saturated rings. The Bertz CT molecular complexity index is 1990. The maximum absolute atomic E-state index is 9.63. The Balaban J connectivity index is 1.54. The predicted octanol–water partition coefficient (Wildman–Crippen LogP) is 5.59. The average molecular weight is 482 g/mol. The molecule has 0 spiro atoms. The van der Waals surface area contributed by atoms with Crippen LogP contribution in [-0.4, -0.2) is 19.9 Å². The first-order valence-corrected chi connectivity index (χ1v) is 11.5. The van der Waals surface area contributed by atoms with Gasteiger partial charge in [-0.3, -0.25) is 0 Å². The van der Waals surface area contributed by atoms with Gasteiger partial charge < -0.3 is 0 Å². The van der Waals surface area contributed by atoms with Crippen LogP contribution in [-0.2, 0) is 0 Å². The minimum Gasteiger partial charge on any atom is -0.245 e. The number of aromatic nitrogens is 4. The highest BCUT2D eigenvalue weighted by atomic mass is 14.9. The second kappa shape index (κ2) is 7.64. The lowest BCUT2D eigenvalue weighted by Gasteiger charge is -2.07. The van der Waals surface area contributed by atoms with Gasteiger partial charge in [-0.15, -0.1) is 0 Å². The Morgan fingerprint density at radius 3 is 1.45 bits per heavy atom. The van der Waals surface area contributed by atoms with E-state index in [2.05, 4.69) is 4.85 Å². The van der Waals surface area contributed by atoms with Crippen molar-refractivity contribution < 1.29 is 0 Å². The highest BCUT2D eigenvalue weighted by molar-refractivity contribution is 6.06. The standard InChI is InChI=1S/C30H10N8/c1-34-24(14-33)26-17-7-3-5-9-19(17)28-30(26)38-23-11-20-22(10-21(23)36-28)37-29-25(15(12-31)13-32)16-6-2-4-8-18(16)27(29)35-20/h2-11H/b26-24+. The van der Waals surface area contributed by atoms with Crippen molar-refractivity contribution in [1.29, 1.82) is 15.8 Å². The molecule has 2 aromatic heterocycles. The summed E-state index contributed by atoms with van der Waals surface area (Å²) in [6.07, 6.45) is 0. The number of allylic oxidation sites excluding steroid dienone is 2. The minimum atomic E-state index is -0.0371. The van der Waals surface area contributed by atoms with Crippen LogP contribution in [0.25, 0.3) is 60.6 Å². The Morgan fingerprint density at radius 2 is 1.00 bits per heavy atom. The predicted molar refractivity (Wildman–Crippen MR) is 139 cm³/mol. The van der Waals surface area contributed by atoms with Crippen LogP contribution in [0, 0.1) is 40.6 Å². The number of fused-ring (bicyclic) bond motifs is 8. The first kappa shape index (κ1) is 21.1. The van der Waals surface area contributed by atoms with E-state index in [1.165, 1.54) is 0 Å². The van der Waals surface area contributed by atoms with Gasteiger partial charge in [-0.05, 0) is 23.3 Å². The van der Waals surface area contributed by atoms with Gasteiger partial charge in [-0.25, -0.2) is 30.0 Å². The number of nitriles is 3. The highest BCUT2D eigenvalue weighted by Gasteiger charge is 2.31. The molecule has 0 saturated carbocycles. The highest BCUT2D eigenvalue weighted by Crippen LogP contribution is 2.46. The average Bonchev–Trinajstić information content (AvgIpc) is 3.44. The molecule has 2 heterocycles. The van der Waals surface area contributed by atoms with E-state index in [1.54, 1.807) is 12.1 Å². The lowest BCUT2D eigenvalue weighted by molar-refractivity contribution is 1.25. The quantitative estimate of drug-likeness (QED) is 0.157. The molecule has 170 valence electrons. The first-order valence-electron chi connectivity index (χ1n) is 11.5. The summed E-state index contributed by atoms with van der Waals surface area (Å²) < 4.78 is 0. The van der Waals surface area contributed by atoms with E-state index in [0.717, 1.165) is 22.3 Å². The van der Waals surface area contributed by atoms with Crippen LogP contribution in [0.15, 0.2) is 71.9 Å². The molecular weight excluding hydrogens is 472 g/mol. The summed E-state index contributed by atoms with van der Waals surface area (Å²) in [7, 11) is 0. The minimum absolute atomic E-state index is 0.0210. The van der Waals surface area contributed by atoms with Gasteiger partial charge in [0.15, 0.2) is 0 Å². The second-order valence-electron chi connectivity index (χ2n) is 8.68. The molecule has 8 heteroatoms. The van der Waals surface area contributed by atoms with E-state index in [4.69, 9.17) is 26.5 Å². The Morgan fingerprint density at radius 1 is 0.579 bits per heavy atom. The molecular formula is C30H10N8. The van der Waals surface area contributed by atoms with Gasteiger partial charge in [0.1, 0.15) is 17.7 Å². The third-order valence-electron chi connectivity index (χ3n) is 6.75. The third kappa shape index (κ3) is 2.69. The van der Waals surface area contributed by atoms with E-state index in [9.17, 15) is 15.8 Å². The number of benzene rings is 3. The van der Waals surface area contributed by atoms with Gasteiger partial charge in [0, 0.05) is 22.3 Å². The van der Waals surface area contributed by atoms with Gasteiger partial charge in [0.2, 0.25) is 0 Å². The van der Waals surface area contributed by atoms with Crippen molar-refractivity contribution in [2.75, 3.05) is 0 Å². The topological polar surface area (TPSA) is 127 Å². The van der Waals surface area contributed by atoms with E-state index in [-0.39, 0.29) is 11.3 Å². The maximum Gasteiger partial charge on any atom is 0.271 e. The van der Waals surface area contributed by atoms with Gasteiger partial charge in [-0.2, -0.15) is 10.5 Å². The Hall–Kier alpha value is -6.22. The molecule has 0 bridgehead atoms. The molecule has 0 atom stereocenters. The lowest BCUT2D eigenvalue weighted by atomic mass is 10.0. The summed E-state index contributed by atoms with van der Waals surface area (Å²) in [5.74, 6) is 0. The molecule has 0 aliphatic heterocycles. The zero-order valence-corrected chi connectivity index (χ0v) is 19.4. The SMILES string of the molecule is [C-]#[N+]/C(C#N)=C1\c2ccccc2-c2nc3cc4nc5c(nc4cc3nc21)-c1ccccc1C5=C(C#N)C#N. The van der Waals surface area contributed by atoms with Crippen molar-refractivity contribution in [3.63, 3.8) is 0 Å². The van der Waals surface area contributed by atoms with Crippen LogP contribution in [0.3, 0.4) is 0 Å². The van der Waals surface area contributed by atoms with Crippen molar-refractivity contribution in [3.05, 3.63) is 106 Å². The molecule has 3 aromatic carbocycles. The van der Waals surface area contributed by atoms with Crippen LogP contribution in [0.1, 0.15) is 22.5 Å². The van der Waals surface area contributed by atoms with E-state index in [1.807, 2.05) is 66.7 Å². The van der Waals surface area contributed by atoms with Crippen LogP contribution < -0.4 is 0 Å².